The summed E-state index contributed by atoms with van der Waals surface area (Å²) in [7, 11) is -2.38. The van der Waals surface area contributed by atoms with E-state index in [0.717, 1.165) is 18.2 Å². The summed E-state index contributed by atoms with van der Waals surface area (Å²) in [5.41, 5.74) is 0. The van der Waals surface area contributed by atoms with E-state index < -0.39 is 15.8 Å². The van der Waals surface area contributed by atoms with E-state index in [1.807, 2.05) is 0 Å². The summed E-state index contributed by atoms with van der Waals surface area (Å²) >= 11 is 5.55. The van der Waals surface area contributed by atoms with Crippen molar-refractivity contribution in [2.24, 2.45) is 0 Å². The third-order valence-electron chi connectivity index (χ3n) is 2.78. The maximum atomic E-state index is 13.0. The molecule has 0 spiro atoms. The van der Waals surface area contributed by atoms with Gasteiger partial charge in [-0.25, -0.2) is 17.5 Å². The minimum Gasteiger partial charge on any atom is -0.469 e. The van der Waals surface area contributed by atoms with Crippen LogP contribution in [0.2, 0.25) is 5.02 Å². The molecule has 118 valence electrons. The molecule has 1 rings (SSSR count). The number of esters is 1. The molecule has 8 heteroatoms. The zero-order valence-electron chi connectivity index (χ0n) is 11.6. The van der Waals surface area contributed by atoms with E-state index in [1.165, 1.54) is 7.11 Å². The molecule has 0 atom stereocenters. The Kier molecular flexibility index (Phi) is 7.07. The Morgan fingerprint density at radius 2 is 2.05 bits per heavy atom. The molecular formula is C13H17ClFNO4S. The number of hydrogen-bond donors (Lipinski definition) is 1. The molecule has 0 saturated carbocycles. The highest BCUT2D eigenvalue weighted by Gasteiger charge is 2.15. The van der Waals surface area contributed by atoms with Gasteiger partial charge in [-0.1, -0.05) is 18.0 Å². The van der Waals surface area contributed by atoms with Crippen LogP contribution in [-0.4, -0.2) is 28.0 Å². The van der Waals surface area contributed by atoms with Crippen molar-refractivity contribution in [3.8, 4) is 0 Å². The van der Waals surface area contributed by atoms with Gasteiger partial charge in [0.15, 0.2) is 0 Å². The summed E-state index contributed by atoms with van der Waals surface area (Å²) in [6.07, 6.45) is 2.24. The van der Waals surface area contributed by atoms with Crippen molar-refractivity contribution >= 4 is 27.6 Å². The number of nitrogens with one attached hydrogen (secondary N) is 1. The number of sulfonamides is 1. The molecular weight excluding hydrogens is 321 g/mol. The predicted molar refractivity (Wildman–Crippen MR) is 77.1 cm³/mol. The van der Waals surface area contributed by atoms with E-state index in [-0.39, 0.29) is 22.4 Å². The maximum Gasteiger partial charge on any atom is 0.305 e. The summed E-state index contributed by atoms with van der Waals surface area (Å²) in [6.45, 7) is 0.235. The molecule has 0 aromatic heterocycles. The van der Waals surface area contributed by atoms with Crippen LogP contribution in [0.1, 0.15) is 25.7 Å². The SMILES string of the molecule is COC(=O)CCCCCNS(=O)(=O)c1ccc(F)c(Cl)c1. The van der Waals surface area contributed by atoms with E-state index in [0.29, 0.717) is 25.7 Å². The molecule has 0 saturated heterocycles. The van der Waals surface area contributed by atoms with E-state index in [9.17, 15) is 17.6 Å². The highest BCUT2D eigenvalue weighted by molar-refractivity contribution is 7.89. The standard InChI is InChI=1S/C13H17ClFNO4S/c1-20-13(17)5-3-2-4-8-16-21(18,19)10-6-7-12(15)11(14)9-10/h6-7,9,16H,2-5,8H2,1H3. The number of carbonyl (C=O) groups excluding carboxylic acids is 1. The third kappa shape index (κ3) is 5.99. The predicted octanol–water partition coefficient (Wildman–Crippen LogP) is 2.49. The molecule has 1 aromatic rings. The fourth-order valence-corrected chi connectivity index (χ4v) is 2.95. The van der Waals surface area contributed by atoms with E-state index in [2.05, 4.69) is 9.46 Å². The smallest absolute Gasteiger partial charge is 0.305 e. The highest BCUT2D eigenvalue weighted by Crippen LogP contribution is 2.19. The molecule has 0 aliphatic carbocycles. The Bertz CT molecular complexity index is 592. The van der Waals surface area contributed by atoms with Gasteiger partial charge in [0.05, 0.1) is 17.0 Å². The van der Waals surface area contributed by atoms with Gasteiger partial charge in [-0.3, -0.25) is 4.79 Å². The number of rotatable bonds is 8. The van der Waals surface area contributed by atoms with Crippen molar-refractivity contribution in [3.05, 3.63) is 29.0 Å². The van der Waals surface area contributed by atoms with E-state index in [4.69, 9.17) is 11.6 Å². The number of hydrogen-bond acceptors (Lipinski definition) is 4. The van der Waals surface area contributed by atoms with Crippen LogP contribution in [-0.2, 0) is 19.6 Å². The lowest BCUT2D eigenvalue weighted by atomic mass is 10.2. The molecule has 0 unspecified atom stereocenters. The minimum atomic E-state index is -3.70. The highest BCUT2D eigenvalue weighted by atomic mass is 35.5. The van der Waals surface area contributed by atoms with Gasteiger partial charge in [0.25, 0.3) is 0 Å². The molecule has 5 nitrogen and oxygen atoms in total. The monoisotopic (exact) mass is 337 g/mol. The first-order valence-corrected chi connectivity index (χ1v) is 8.24. The van der Waals surface area contributed by atoms with Crippen LogP contribution in [0.3, 0.4) is 0 Å². The molecule has 1 N–H and O–H groups in total. The summed E-state index contributed by atoms with van der Waals surface area (Å²) in [6, 6.07) is 3.23. The van der Waals surface area contributed by atoms with Crippen LogP contribution >= 0.6 is 11.6 Å². The van der Waals surface area contributed by atoms with Crippen molar-refractivity contribution in [3.63, 3.8) is 0 Å². The van der Waals surface area contributed by atoms with Crippen LogP contribution in [0.4, 0.5) is 4.39 Å². The van der Waals surface area contributed by atoms with Gasteiger partial charge in [-0.05, 0) is 31.0 Å². The van der Waals surface area contributed by atoms with Crippen molar-refractivity contribution in [2.45, 2.75) is 30.6 Å². The van der Waals surface area contributed by atoms with Crippen LogP contribution < -0.4 is 4.72 Å². The Balaban J connectivity index is 2.40. The maximum absolute atomic E-state index is 13.0. The molecule has 1 aromatic carbocycles. The number of unbranched alkanes of at least 4 members (excludes halogenated alkanes) is 2. The number of methoxy groups -OCH3 is 1. The lowest BCUT2D eigenvalue weighted by molar-refractivity contribution is -0.140. The quantitative estimate of drug-likeness (QED) is 0.584. The molecule has 0 heterocycles. The second kappa shape index (κ2) is 8.31. The molecule has 0 amide bonds. The molecule has 0 fully saturated rings. The van der Waals surface area contributed by atoms with Crippen LogP contribution in [0, 0.1) is 5.82 Å². The summed E-state index contributed by atoms with van der Waals surface area (Å²) < 4.78 is 43.7. The van der Waals surface area contributed by atoms with Crippen LogP contribution in [0.25, 0.3) is 0 Å². The first kappa shape index (κ1) is 17.9. The van der Waals surface area contributed by atoms with Crippen molar-refractivity contribution in [1.29, 1.82) is 0 Å². The summed E-state index contributed by atoms with van der Waals surface area (Å²) in [4.78, 5) is 10.8. The van der Waals surface area contributed by atoms with Gasteiger partial charge in [0.2, 0.25) is 10.0 Å². The van der Waals surface area contributed by atoms with Gasteiger partial charge < -0.3 is 4.74 Å². The van der Waals surface area contributed by atoms with Crippen LogP contribution in [0.5, 0.6) is 0 Å². The van der Waals surface area contributed by atoms with Crippen molar-refractivity contribution in [2.75, 3.05) is 13.7 Å². The molecule has 0 aliphatic heterocycles. The average molecular weight is 338 g/mol. The molecule has 21 heavy (non-hydrogen) atoms. The fourth-order valence-electron chi connectivity index (χ4n) is 1.61. The normalized spacial score (nSPS) is 11.4. The van der Waals surface area contributed by atoms with Gasteiger partial charge in [0.1, 0.15) is 5.82 Å². The Labute approximate surface area is 128 Å². The average Bonchev–Trinajstić information content (AvgIpc) is 2.45. The van der Waals surface area contributed by atoms with Gasteiger partial charge in [-0.15, -0.1) is 0 Å². The Morgan fingerprint density at radius 3 is 2.67 bits per heavy atom. The van der Waals surface area contributed by atoms with Gasteiger partial charge in [-0.2, -0.15) is 0 Å². The lowest BCUT2D eigenvalue weighted by Gasteiger charge is -2.07. The third-order valence-corrected chi connectivity index (χ3v) is 4.53. The number of benzene rings is 1. The zero-order chi connectivity index (χ0) is 15.9. The topological polar surface area (TPSA) is 72.5 Å². The minimum absolute atomic E-state index is 0.0801. The molecule has 0 radical (unpaired) electrons. The van der Waals surface area contributed by atoms with Gasteiger partial charge in [0, 0.05) is 13.0 Å². The zero-order valence-corrected chi connectivity index (χ0v) is 13.1. The second-order valence-corrected chi connectivity index (χ2v) is 6.53. The number of ether oxygens (including phenoxy) is 1. The molecule has 0 bridgehead atoms. The first-order chi connectivity index (χ1) is 9.86. The first-order valence-electron chi connectivity index (χ1n) is 6.38. The molecule has 0 aliphatic rings. The van der Waals surface area contributed by atoms with Crippen molar-refractivity contribution < 1.29 is 22.3 Å². The second-order valence-electron chi connectivity index (χ2n) is 4.36. The van der Waals surface area contributed by atoms with Crippen molar-refractivity contribution in [1.82, 2.24) is 4.72 Å². The van der Waals surface area contributed by atoms with E-state index >= 15 is 0 Å². The number of halogens is 2. The number of carbonyl (C=O) groups is 1. The van der Waals surface area contributed by atoms with Crippen LogP contribution in [0.15, 0.2) is 23.1 Å². The summed E-state index contributed by atoms with van der Waals surface area (Å²) in [5, 5.41) is -0.240. The summed E-state index contributed by atoms with van der Waals surface area (Å²) in [5.74, 6) is -0.949. The van der Waals surface area contributed by atoms with E-state index in [1.54, 1.807) is 0 Å². The van der Waals surface area contributed by atoms with Gasteiger partial charge >= 0.3 is 5.97 Å². The Morgan fingerprint density at radius 1 is 1.33 bits per heavy atom. The largest absolute Gasteiger partial charge is 0.469 e. The Hall–Kier alpha value is -1.18. The lowest BCUT2D eigenvalue weighted by Crippen LogP contribution is -2.24. The fraction of sp³-hybridized carbons (Fsp3) is 0.462.